The van der Waals surface area contributed by atoms with Crippen molar-refractivity contribution in [3.63, 3.8) is 0 Å². The third-order valence-electron chi connectivity index (χ3n) is 3.44. The van der Waals surface area contributed by atoms with Crippen LogP contribution in [0.2, 0.25) is 0 Å². The monoisotopic (exact) mass is 349 g/mol. The highest BCUT2D eigenvalue weighted by molar-refractivity contribution is 7.10. The molecule has 0 saturated heterocycles. The number of rotatable bonds is 7. The van der Waals surface area contributed by atoms with Crippen molar-refractivity contribution in [1.82, 2.24) is 5.32 Å². The zero-order chi connectivity index (χ0) is 17.5. The highest BCUT2D eigenvalue weighted by Gasteiger charge is 2.21. The van der Waals surface area contributed by atoms with Crippen LogP contribution in [-0.4, -0.2) is 33.2 Å². The van der Waals surface area contributed by atoms with Crippen LogP contribution in [0, 0.1) is 0 Å². The number of carbonyl (C=O) groups excluding carboxylic acids is 2. The summed E-state index contributed by atoms with van der Waals surface area (Å²) in [5, 5.41) is 4.76. The predicted octanol–water partition coefficient (Wildman–Crippen LogP) is 2.80. The maximum Gasteiger partial charge on any atom is 0.307 e. The minimum Gasteiger partial charge on any atom is -0.493 e. The molecule has 6 nitrogen and oxygen atoms in total. The van der Waals surface area contributed by atoms with Crippen LogP contribution < -0.4 is 14.8 Å². The fraction of sp³-hybridized carbons (Fsp3) is 0.294. The van der Waals surface area contributed by atoms with Gasteiger partial charge in [0.25, 0.3) is 5.91 Å². The van der Waals surface area contributed by atoms with E-state index >= 15 is 0 Å². The average Bonchev–Trinajstić information content (AvgIpc) is 3.14. The van der Waals surface area contributed by atoms with Crippen LogP contribution in [0.25, 0.3) is 0 Å². The van der Waals surface area contributed by atoms with Crippen molar-refractivity contribution in [2.24, 2.45) is 0 Å². The normalized spacial score (nSPS) is 11.5. The lowest BCUT2D eigenvalue weighted by molar-refractivity contribution is -0.141. The first kappa shape index (κ1) is 17.8. The molecule has 24 heavy (non-hydrogen) atoms. The van der Waals surface area contributed by atoms with Crippen LogP contribution in [0.15, 0.2) is 35.7 Å². The first-order valence-electron chi connectivity index (χ1n) is 7.22. The van der Waals surface area contributed by atoms with E-state index in [1.54, 1.807) is 18.2 Å². The Balaban J connectivity index is 2.19. The van der Waals surface area contributed by atoms with Gasteiger partial charge in [0.2, 0.25) is 0 Å². The number of nitrogens with one attached hydrogen (secondary N) is 1. The topological polar surface area (TPSA) is 73.9 Å². The molecule has 0 saturated carbocycles. The number of amides is 1. The van der Waals surface area contributed by atoms with E-state index < -0.39 is 6.04 Å². The first-order chi connectivity index (χ1) is 11.6. The number of carbonyl (C=O) groups is 2. The summed E-state index contributed by atoms with van der Waals surface area (Å²) >= 11 is 1.47. The zero-order valence-electron chi connectivity index (χ0n) is 13.7. The molecule has 0 bridgehead atoms. The van der Waals surface area contributed by atoms with Crippen molar-refractivity contribution < 1.29 is 23.8 Å². The molecule has 1 atom stereocenters. The fourth-order valence-electron chi connectivity index (χ4n) is 2.18. The Morgan fingerprint density at radius 2 is 1.88 bits per heavy atom. The molecular weight excluding hydrogens is 330 g/mol. The second kappa shape index (κ2) is 8.35. The van der Waals surface area contributed by atoms with E-state index in [1.165, 1.54) is 32.7 Å². The molecule has 1 aromatic carbocycles. The Morgan fingerprint density at radius 3 is 2.46 bits per heavy atom. The Labute approximate surface area is 144 Å². The van der Waals surface area contributed by atoms with E-state index in [0.29, 0.717) is 17.1 Å². The molecule has 1 amide bonds. The van der Waals surface area contributed by atoms with Gasteiger partial charge in [-0.3, -0.25) is 9.59 Å². The van der Waals surface area contributed by atoms with Gasteiger partial charge in [-0.25, -0.2) is 0 Å². The summed E-state index contributed by atoms with van der Waals surface area (Å²) < 4.78 is 15.1. The second-order valence-electron chi connectivity index (χ2n) is 4.89. The third-order valence-corrected chi connectivity index (χ3v) is 4.42. The fourth-order valence-corrected chi connectivity index (χ4v) is 2.96. The third kappa shape index (κ3) is 4.26. The number of hydrogen-bond acceptors (Lipinski definition) is 6. The van der Waals surface area contributed by atoms with Crippen molar-refractivity contribution in [3.05, 3.63) is 46.2 Å². The van der Waals surface area contributed by atoms with Crippen LogP contribution in [0.3, 0.4) is 0 Å². The van der Waals surface area contributed by atoms with Crippen LogP contribution in [0.5, 0.6) is 11.5 Å². The van der Waals surface area contributed by atoms with Crippen molar-refractivity contribution in [1.29, 1.82) is 0 Å². The average molecular weight is 349 g/mol. The molecule has 0 aliphatic heterocycles. The summed E-state index contributed by atoms with van der Waals surface area (Å²) in [6.45, 7) is 0. The van der Waals surface area contributed by atoms with Gasteiger partial charge in [0.1, 0.15) is 0 Å². The van der Waals surface area contributed by atoms with Gasteiger partial charge in [0, 0.05) is 10.4 Å². The summed E-state index contributed by atoms with van der Waals surface area (Å²) in [6.07, 6.45) is 0.0655. The highest BCUT2D eigenvalue weighted by atomic mass is 32.1. The van der Waals surface area contributed by atoms with E-state index in [2.05, 4.69) is 5.32 Å². The van der Waals surface area contributed by atoms with E-state index in [-0.39, 0.29) is 18.3 Å². The quantitative estimate of drug-likeness (QED) is 0.778. The Kier molecular flexibility index (Phi) is 6.20. The number of thiophene rings is 1. The van der Waals surface area contributed by atoms with Gasteiger partial charge in [-0.2, -0.15) is 0 Å². The van der Waals surface area contributed by atoms with Gasteiger partial charge in [-0.1, -0.05) is 6.07 Å². The van der Waals surface area contributed by atoms with E-state index in [1.807, 2.05) is 17.5 Å². The van der Waals surface area contributed by atoms with Crippen molar-refractivity contribution in [3.8, 4) is 11.5 Å². The minimum absolute atomic E-state index is 0.0655. The Hall–Kier alpha value is -2.54. The largest absolute Gasteiger partial charge is 0.493 e. The summed E-state index contributed by atoms with van der Waals surface area (Å²) in [7, 11) is 4.36. The van der Waals surface area contributed by atoms with Crippen LogP contribution in [0.4, 0.5) is 0 Å². The van der Waals surface area contributed by atoms with Gasteiger partial charge in [-0.05, 0) is 29.6 Å². The van der Waals surface area contributed by atoms with E-state index in [4.69, 9.17) is 14.2 Å². The first-order valence-corrected chi connectivity index (χ1v) is 8.10. The molecular formula is C17H19NO5S. The number of esters is 1. The zero-order valence-corrected chi connectivity index (χ0v) is 14.5. The lowest BCUT2D eigenvalue weighted by Crippen LogP contribution is -2.30. The molecule has 0 aliphatic carbocycles. The highest BCUT2D eigenvalue weighted by Crippen LogP contribution is 2.28. The molecule has 1 N–H and O–H groups in total. The van der Waals surface area contributed by atoms with Gasteiger partial charge in [0.05, 0.1) is 33.8 Å². The molecule has 7 heteroatoms. The van der Waals surface area contributed by atoms with E-state index in [0.717, 1.165) is 4.88 Å². The maximum absolute atomic E-state index is 12.5. The second-order valence-corrected chi connectivity index (χ2v) is 5.87. The molecule has 2 rings (SSSR count). The molecule has 128 valence electrons. The van der Waals surface area contributed by atoms with Crippen molar-refractivity contribution >= 4 is 23.2 Å². The van der Waals surface area contributed by atoms with Gasteiger partial charge in [-0.15, -0.1) is 11.3 Å². The summed E-state index contributed by atoms with van der Waals surface area (Å²) in [4.78, 5) is 25.0. The Morgan fingerprint density at radius 1 is 1.12 bits per heavy atom. The number of hydrogen-bond donors (Lipinski definition) is 1. The lowest BCUT2D eigenvalue weighted by atomic mass is 10.1. The minimum atomic E-state index is -0.446. The molecule has 1 aromatic heterocycles. The van der Waals surface area contributed by atoms with Crippen LogP contribution >= 0.6 is 11.3 Å². The van der Waals surface area contributed by atoms with Crippen molar-refractivity contribution in [2.45, 2.75) is 12.5 Å². The Bertz CT molecular complexity index is 699. The summed E-state index contributed by atoms with van der Waals surface area (Å²) in [5.41, 5.74) is 0.416. The number of benzene rings is 1. The smallest absolute Gasteiger partial charge is 0.307 e. The van der Waals surface area contributed by atoms with Crippen molar-refractivity contribution in [2.75, 3.05) is 21.3 Å². The molecule has 0 fully saturated rings. The molecule has 2 aromatic rings. The molecule has 0 spiro atoms. The number of methoxy groups -OCH3 is 3. The van der Waals surface area contributed by atoms with E-state index in [9.17, 15) is 9.59 Å². The van der Waals surface area contributed by atoms with Gasteiger partial charge < -0.3 is 19.5 Å². The molecule has 0 aliphatic rings. The summed E-state index contributed by atoms with van der Waals surface area (Å²) in [6, 6.07) is 8.19. The lowest BCUT2D eigenvalue weighted by Gasteiger charge is -2.17. The van der Waals surface area contributed by atoms with Crippen LogP contribution in [0.1, 0.15) is 27.7 Å². The number of ether oxygens (including phenoxy) is 3. The van der Waals surface area contributed by atoms with Gasteiger partial charge >= 0.3 is 5.97 Å². The standard InChI is InChI=1S/C17H19NO5S/c1-21-13-7-6-11(9-14(13)22-2)17(20)18-12(10-16(19)23-3)15-5-4-8-24-15/h4-9,12H,10H2,1-3H3,(H,18,20)/t12-/m1/s1. The molecule has 1 heterocycles. The van der Waals surface area contributed by atoms with Gasteiger partial charge in [0.15, 0.2) is 11.5 Å². The summed E-state index contributed by atoms with van der Waals surface area (Å²) in [5.74, 6) is 0.309. The molecule has 0 unspecified atom stereocenters. The SMILES string of the molecule is COC(=O)C[C@@H](NC(=O)c1ccc(OC)c(OC)c1)c1cccs1. The molecule has 0 radical (unpaired) electrons. The predicted molar refractivity (Wildman–Crippen MR) is 90.7 cm³/mol. The van der Waals surface area contributed by atoms with Crippen LogP contribution in [-0.2, 0) is 9.53 Å². The maximum atomic E-state index is 12.5.